The van der Waals surface area contributed by atoms with Gasteiger partial charge in [0.25, 0.3) is 5.91 Å². The minimum Gasteiger partial charge on any atom is -0.479 e. The van der Waals surface area contributed by atoms with Crippen LogP contribution in [-0.4, -0.2) is 47.2 Å². The SMILES string of the molecule is CC1CCN(C(=O)[C@@H]2CC[C@H](C(=O)O)O2)CC12CCCCC2. The molecule has 3 rings (SSSR count). The van der Waals surface area contributed by atoms with Crippen LogP contribution in [0.4, 0.5) is 0 Å². The van der Waals surface area contributed by atoms with E-state index in [9.17, 15) is 9.59 Å². The lowest BCUT2D eigenvalue weighted by Gasteiger charge is -2.50. The van der Waals surface area contributed by atoms with Gasteiger partial charge in [0, 0.05) is 13.1 Å². The average molecular weight is 309 g/mol. The van der Waals surface area contributed by atoms with Crippen LogP contribution in [0.25, 0.3) is 0 Å². The zero-order chi connectivity index (χ0) is 15.7. The molecule has 5 heteroatoms. The second-order valence-electron chi connectivity index (χ2n) is 7.40. The van der Waals surface area contributed by atoms with Crippen LogP contribution >= 0.6 is 0 Å². The maximum absolute atomic E-state index is 12.7. The summed E-state index contributed by atoms with van der Waals surface area (Å²) in [6.07, 6.45) is 6.99. The van der Waals surface area contributed by atoms with E-state index < -0.39 is 18.2 Å². The van der Waals surface area contributed by atoms with Gasteiger partial charge in [-0.15, -0.1) is 0 Å². The number of piperidine rings is 1. The van der Waals surface area contributed by atoms with Gasteiger partial charge in [0.05, 0.1) is 0 Å². The molecular formula is C17H27NO4. The smallest absolute Gasteiger partial charge is 0.332 e. The molecule has 0 aromatic heterocycles. The summed E-state index contributed by atoms with van der Waals surface area (Å²) in [5, 5.41) is 9.01. The second-order valence-corrected chi connectivity index (χ2v) is 7.40. The van der Waals surface area contributed by atoms with Crippen molar-refractivity contribution in [1.82, 2.24) is 4.90 Å². The van der Waals surface area contributed by atoms with Crippen molar-refractivity contribution in [1.29, 1.82) is 0 Å². The van der Waals surface area contributed by atoms with Gasteiger partial charge in [-0.1, -0.05) is 26.2 Å². The van der Waals surface area contributed by atoms with Crippen LogP contribution in [0, 0.1) is 11.3 Å². The van der Waals surface area contributed by atoms with Crippen LogP contribution in [0.5, 0.6) is 0 Å². The molecule has 1 spiro atoms. The zero-order valence-corrected chi connectivity index (χ0v) is 13.4. The van der Waals surface area contributed by atoms with E-state index in [1.54, 1.807) is 0 Å². The van der Waals surface area contributed by atoms with E-state index in [0.717, 1.165) is 19.5 Å². The number of likely N-dealkylation sites (tertiary alicyclic amines) is 1. The number of nitrogens with zero attached hydrogens (tertiary/aromatic N) is 1. The molecule has 3 atom stereocenters. The fourth-order valence-electron chi connectivity index (χ4n) is 4.57. The fourth-order valence-corrected chi connectivity index (χ4v) is 4.57. The Morgan fingerprint density at radius 3 is 2.41 bits per heavy atom. The molecule has 2 saturated heterocycles. The van der Waals surface area contributed by atoms with Crippen LogP contribution < -0.4 is 0 Å². The molecule has 1 saturated carbocycles. The van der Waals surface area contributed by atoms with Gasteiger partial charge >= 0.3 is 5.97 Å². The molecule has 1 unspecified atom stereocenters. The number of carboxylic acid groups (broad SMARTS) is 1. The molecule has 1 N–H and O–H groups in total. The van der Waals surface area contributed by atoms with Gasteiger partial charge in [-0.05, 0) is 43.4 Å². The number of carbonyl (C=O) groups is 2. The molecule has 124 valence electrons. The maximum Gasteiger partial charge on any atom is 0.332 e. The molecule has 0 radical (unpaired) electrons. The van der Waals surface area contributed by atoms with Crippen molar-refractivity contribution in [3.05, 3.63) is 0 Å². The van der Waals surface area contributed by atoms with Crippen molar-refractivity contribution in [3.8, 4) is 0 Å². The Hall–Kier alpha value is -1.10. The summed E-state index contributed by atoms with van der Waals surface area (Å²) in [6.45, 7) is 3.96. The Bertz CT molecular complexity index is 444. The molecule has 1 aliphatic carbocycles. The summed E-state index contributed by atoms with van der Waals surface area (Å²) in [5.41, 5.74) is 0.289. The molecule has 0 aromatic rings. The van der Waals surface area contributed by atoms with Gasteiger partial charge < -0.3 is 14.7 Å². The third kappa shape index (κ3) is 2.87. The van der Waals surface area contributed by atoms with E-state index >= 15 is 0 Å². The van der Waals surface area contributed by atoms with E-state index in [4.69, 9.17) is 9.84 Å². The Morgan fingerprint density at radius 2 is 1.77 bits per heavy atom. The van der Waals surface area contributed by atoms with Crippen molar-refractivity contribution in [2.75, 3.05) is 13.1 Å². The first-order valence-electron chi connectivity index (χ1n) is 8.69. The molecule has 3 fully saturated rings. The van der Waals surface area contributed by atoms with Crippen LogP contribution in [0.15, 0.2) is 0 Å². The molecule has 22 heavy (non-hydrogen) atoms. The molecule has 3 aliphatic rings. The number of ether oxygens (including phenoxy) is 1. The summed E-state index contributed by atoms with van der Waals surface area (Å²) in [6, 6.07) is 0. The minimum absolute atomic E-state index is 0.0144. The number of aliphatic carboxylic acids is 1. The number of carboxylic acids is 1. The highest BCUT2D eigenvalue weighted by molar-refractivity contribution is 5.83. The minimum atomic E-state index is -0.952. The first-order valence-corrected chi connectivity index (χ1v) is 8.69. The highest BCUT2D eigenvalue weighted by atomic mass is 16.5. The summed E-state index contributed by atoms with van der Waals surface area (Å²) < 4.78 is 5.45. The summed E-state index contributed by atoms with van der Waals surface area (Å²) in [7, 11) is 0. The predicted octanol–water partition coefficient (Wildman–Crippen LogP) is 2.44. The number of amides is 1. The van der Waals surface area contributed by atoms with Gasteiger partial charge in [-0.3, -0.25) is 4.79 Å². The lowest BCUT2D eigenvalue weighted by molar-refractivity contribution is -0.157. The van der Waals surface area contributed by atoms with Gasteiger partial charge in [-0.2, -0.15) is 0 Å². The number of carbonyl (C=O) groups excluding carboxylic acids is 1. The number of hydrogen-bond donors (Lipinski definition) is 1. The van der Waals surface area contributed by atoms with Crippen LogP contribution in [0.1, 0.15) is 58.3 Å². The van der Waals surface area contributed by atoms with Crippen molar-refractivity contribution in [2.24, 2.45) is 11.3 Å². The van der Waals surface area contributed by atoms with Gasteiger partial charge in [0.2, 0.25) is 0 Å². The van der Waals surface area contributed by atoms with Crippen molar-refractivity contribution in [3.63, 3.8) is 0 Å². The largest absolute Gasteiger partial charge is 0.479 e. The molecule has 1 amide bonds. The number of rotatable bonds is 2. The second kappa shape index (κ2) is 6.19. The molecule has 0 aromatic carbocycles. The Morgan fingerprint density at radius 1 is 1.09 bits per heavy atom. The molecule has 0 bridgehead atoms. The average Bonchev–Trinajstić information content (AvgIpc) is 3.00. The van der Waals surface area contributed by atoms with Gasteiger partial charge in [0.15, 0.2) is 6.10 Å². The molecule has 2 heterocycles. The third-order valence-electron chi connectivity index (χ3n) is 6.11. The Balaban J connectivity index is 1.65. The van der Waals surface area contributed by atoms with Crippen molar-refractivity contribution < 1.29 is 19.4 Å². The van der Waals surface area contributed by atoms with Gasteiger partial charge in [0.1, 0.15) is 6.10 Å². The van der Waals surface area contributed by atoms with Crippen LogP contribution in [-0.2, 0) is 14.3 Å². The molecular weight excluding hydrogens is 282 g/mol. The first-order chi connectivity index (χ1) is 10.5. The predicted molar refractivity (Wildman–Crippen MR) is 81.4 cm³/mol. The highest BCUT2D eigenvalue weighted by Gasteiger charge is 2.45. The lowest BCUT2D eigenvalue weighted by Crippen LogP contribution is -2.53. The molecule has 5 nitrogen and oxygen atoms in total. The zero-order valence-electron chi connectivity index (χ0n) is 13.4. The quantitative estimate of drug-likeness (QED) is 0.851. The standard InChI is InChI=1S/C17H27NO4/c1-12-7-10-18(11-17(12)8-3-2-4-9-17)15(19)13-5-6-14(22-13)16(20)21/h12-14H,2-11H2,1H3,(H,20,21)/t12?,13-,14+/m0/s1. The van der Waals surface area contributed by atoms with E-state index in [0.29, 0.717) is 18.8 Å². The van der Waals surface area contributed by atoms with Crippen LogP contribution in [0.3, 0.4) is 0 Å². The van der Waals surface area contributed by atoms with Crippen molar-refractivity contribution >= 4 is 11.9 Å². The molecule has 2 aliphatic heterocycles. The number of hydrogen-bond acceptors (Lipinski definition) is 3. The van der Waals surface area contributed by atoms with Crippen molar-refractivity contribution in [2.45, 2.75) is 70.5 Å². The van der Waals surface area contributed by atoms with Crippen LogP contribution in [0.2, 0.25) is 0 Å². The van der Waals surface area contributed by atoms with E-state index in [1.807, 2.05) is 4.90 Å². The first kappa shape index (κ1) is 15.8. The summed E-state index contributed by atoms with van der Waals surface area (Å²) >= 11 is 0. The van der Waals surface area contributed by atoms with E-state index in [-0.39, 0.29) is 11.3 Å². The topological polar surface area (TPSA) is 66.8 Å². The Kier molecular flexibility index (Phi) is 4.44. The van der Waals surface area contributed by atoms with E-state index in [1.165, 1.54) is 32.1 Å². The lowest BCUT2D eigenvalue weighted by atomic mass is 9.63. The normalized spacial score (nSPS) is 34.8. The summed E-state index contributed by atoms with van der Waals surface area (Å²) in [4.78, 5) is 25.6. The third-order valence-corrected chi connectivity index (χ3v) is 6.11. The van der Waals surface area contributed by atoms with E-state index in [2.05, 4.69) is 6.92 Å². The van der Waals surface area contributed by atoms with Gasteiger partial charge in [-0.25, -0.2) is 4.79 Å². The summed E-state index contributed by atoms with van der Waals surface area (Å²) in [5.74, 6) is -0.264. The monoisotopic (exact) mass is 309 g/mol. The maximum atomic E-state index is 12.7. The fraction of sp³-hybridized carbons (Fsp3) is 0.882. The Labute approximate surface area is 132 Å². The highest BCUT2D eigenvalue weighted by Crippen LogP contribution is 2.47.